The number of hydrogen-bond donors (Lipinski definition) is 0. The van der Waals surface area contributed by atoms with Crippen LogP contribution in [-0.2, 0) is 13.1 Å². The van der Waals surface area contributed by atoms with Gasteiger partial charge in [-0.3, -0.25) is 9.69 Å². The zero-order chi connectivity index (χ0) is 23.7. The van der Waals surface area contributed by atoms with Crippen LogP contribution in [0, 0.1) is 0 Å². The minimum atomic E-state index is -0.174. The van der Waals surface area contributed by atoms with E-state index in [9.17, 15) is 4.79 Å². The van der Waals surface area contributed by atoms with Gasteiger partial charge in [-0.25, -0.2) is 0 Å². The van der Waals surface area contributed by atoms with Crippen LogP contribution in [0.1, 0.15) is 27.0 Å². The van der Waals surface area contributed by atoms with Crippen LogP contribution in [0.15, 0.2) is 60.4 Å². The highest BCUT2D eigenvalue weighted by atomic mass is 16.5. The van der Waals surface area contributed by atoms with Gasteiger partial charge in [-0.2, -0.15) is 0 Å². The average Bonchev–Trinajstić information content (AvgIpc) is 3.19. The number of carbonyl (C=O) groups is 1. The Morgan fingerprint density at radius 1 is 0.971 bits per heavy atom. The number of allylic oxidation sites excluding steroid dienone is 1. The van der Waals surface area contributed by atoms with E-state index in [-0.39, 0.29) is 11.5 Å². The fourth-order valence-corrected chi connectivity index (χ4v) is 4.28. The second-order valence-corrected chi connectivity index (χ2v) is 8.06. The molecular formula is C27H25NO6. The molecule has 2 aliphatic rings. The Kier molecular flexibility index (Phi) is 5.86. The largest absolute Gasteiger partial charge is 0.493 e. The number of ketones is 1. The molecule has 2 heterocycles. The van der Waals surface area contributed by atoms with Gasteiger partial charge in [-0.15, -0.1) is 0 Å². The summed E-state index contributed by atoms with van der Waals surface area (Å²) in [5.41, 5.74) is 3.30. The number of ether oxygens (including phenoxy) is 5. The molecule has 0 aromatic heterocycles. The van der Waals surface area contributed by atoms with Gasteiger partial charge in [0.25, 0.3) is 0 Å². The summed E-state index contributed by atoms with van der Waals surface area (Å²) in [5.74, 6) is 2.84. The van der Waals surface area contributed by atoms with Crippen LogP contribution < -0.4 is 23.7 Å². The minimum absolute atomic E-state index is 0.174. The molecule has 7 heteroatoms. The van der Waals surface area contributed by atoms with E-state index in [0.29, 0.717) is 47.4 Å². The van der Waals surface area contributed by atoms with Crippen molar-refractivity contribution in [1.82, 2.24) is 4.90 Å². The maximum atomic E-state index is 13.2. The molecule has 0 fully saturated rings. The first-order chi connectivity index (χ1) is 16.6. The summed E-state index contributed by atoms with van der Waals surface area (Å²) >= 11 is 0. The van der Waals surface area contributed by atoms with Crippen molar-refractivity contribution >= 4 is 11.9 Å². The molecule has 0 radical (unpaired) electrons. The van der Waals surface area contributed by atoms with Crippen LogP contribution in [0.4, 0.5) is 0 Å². The predicted molar refractivity (Wildman–Crippen MR) is 127 cm³/mol. The summed E-state index contributed by atoms with van der Waals surface area (Å²) in [6.45, 7) is 1.84. The van der Waals surface area contributed by atoms with E-state index in [0.717, 1.165) is 17.9 Å². The van der Waals surface area contributed by atoms with Gasteiger partial charge >= 0.3 is 0 Å². The number of fused-ring (bicyclic) bond motifs is 3. The highest BCUT2D eigenvalue weighted by molar-refractivity contribution is 6.15. The molecule has 0 aliphatic carbocycles. The quantitative estimate of drug-likeness (QED) is 0.496. The molecule has 0 atom stereocenters. The fraction of sp³-hybridized carbons (Fsp3) is 0.222. The second-order valence-electron chi connectivity index (χ2n) is 8.06. The molecule has 5 rings (SSSR count). The maximum Gasteiger partial charge on any atom is 0.231 e. The van der Waals surface area contributed by atoms with E-state index in [1.165, 1.54) is 5.56 Å². The predicted octanol–water partition coefficient (Wildman–Crippen LogP) is 4.68. The summed E-state index contributed by atoms with van der Waals surface area (Å²) in [6, 6.07) is 17.4. The van der Waals surface area contributed by atoms with Gasteiger partial charge in [0.05, 0.1) is 32.5 Å². The number of rotatable bonds is 6. The van der Waals surface area contributed by atoms with Gasteiger partial charge in [-0.1, -0.05) is 30.3 Å². The third-order valence-electron chi connectivity index (χ3n) is 5.92. The van der Waals surface area contributed by atoms with Gasteiger partial charge in [0.15, 0.2) is 17.3 Å². The van der Waals surface area contributed by atoms with Crippen molar-refractivity contribution in [2.24, 2.45) is 0 Å². The van der Waals surface area contributed by atoms with Crippen molar-refractivity contribution in [3.8, 4) is 28.7 Å². The Morgan fingerprint density at radius 3 is 2.38 bits per heavy atom. The lowest BCUT2D eigenvalue weighted by atomic mass is 10.0. The van der Waals surface area contributed by atoms with Crippen molar-refractivity contribution in [3.05, 3.63) is 82.6 Å². The number of nitrogens with zero attached hydrogens (tertiary/aromatic N) is 1. The molecule has 0 amide bonds. The molecule has 2 aliphatic heterocycles. The van der Waals surface area contributed by atoms with Crippen LogP contribution in [-0.4, -0.2) is 38.7 Å². The number of hydrogen-bond acceptors (Lipinski definition) is 7. The van der Waals surface area contributed by atoms with Crippen LogP contribution in [0.5, 0.6) is 28.7 Å². The zero-order valence-corrected chi connectivity index (χ0v) is 19.3. The van der Waals surface area contributed by atoms with Gasteiger partial charge in [-0.05, 0) is 41.5 Å². The van der Waals surface area contributed by atoms with Gasteiger partial charge in [0, 0.05) is 13.1 Å². The van der Waals surface area contributed by atoms with Crippen molar-refractivity contribution in [2.75, 3.05) is 28.1 Å². The SMILES string of the molecule is COc1cc(/C=C2/Oc3c(ccc4c3CN(Cc3ccccc3)CO4)C2=O)cc(OC)c1OC. The fourth-order valence-electron chi connectivity index (χ4n) is 4.28. The lowest BCUT2D eigenvalue weighted by Gasteiger charge is -2.29. The van der Waals surface area contributed by atoms with E-state index >= 15 is 0 Å². The lowest BCUT2D eigenvalue weighted by molar-refractivity contribution is 0.0873. The molecule has 0 saturated carbocycles. The van der Waals surface area contributed by atoms with Gasteiger partial charge in [0.2, 0.25) is 11.5 Å². The average molecular weight is 459 g/mol. The van der Waals surface area contributed by atoms with Crippen molar-refractivity contribution in [1.29, 1.82) is 0 Å². The molecule has 0 N–H and O–H groups in total. The molecule has 34 heavy (non-hydrogen) atoms. The summed E-state index contributed by atoms with van der Waals surface area (Å²) in [7, 11) is 4.65. The highest BCUT2D eigenvalue weighted by Gasteiger charge is 2.33. The third kappa shape index (κ3) is 3.95. The first kappa shape index (κ1) is 21.9. The number of benzene rings is 3. The molecule has 0 bridgehead atoms. The first-order valence-corrected chi connectivity index (χ1v) is 10.9. The number of Topliss-reactive ketones (excluding diaryl/α,β-unsaturated/α-hetero) is 1. The van der Waals surface area contributed by atoms with Crippen molar-refractivity contribution < 1.29 is 28.5 Å². The maximum absolute atomic E-state index is 13.2. The van der Waals surface area contributed by atoms with Crippen LogP contribution in [0.25, 0.3) is 6.08 Å². The lowest BCUT2D eigenvalue weighted by Crippen LogP contribution is -2.31. The Balaban J connectivity index is 1.45. The Hall–Kier alpha value is -3.97. The van der Waals surface area contributed by atoms with E-state index in [2.05, 4.69) is 17.0 Å². The molecular weight excluding hydrogens is 434 g/mol. The van der Waals surface area contributed by atoms with Gasteiger partial charge < -0.3 is 23.7 Å². The van der Waals surface area contributed by atoms with Crippen molar-refractivity contribution in [3.63, 3.8) is 0 Å². The summed E-state index contributed by atoms with van der Waals surface area (Å²) in [4.78, 5) is 15.3. The first-order valence-electron chi connectivity index (χ1n) is 10.9. The number of methoxy groups -OCH3 is 3. The topological polar surface area (TPSA) is 66.5 Å². The van der Waals surface area contributed by atoms with E-state index in [1.807, 2.05) is 24.3 Å². The van der Waals surface area contributed by atoms with E-state index in [4.69, 9.17) is 23.7 Å². The Labute approximate surface area is 198 Å². The molecule has 174 valence electrons. The zero-order valence-electron chi connectivity index (χ0n) is 19.3. The standard InChI is InChI=1S/C27H25NO6/c1-30-23-12-18(13-24(31-2)27(23)32-3)11-22-25(29)19-9-10-21-20(26(19)34-22)15-28(16-33-21)14-17-7-5-4-6-8-17/h4-13H,14-16H2,1-3H3/b22-11+. The monoisotopic (exact) mass is 459 g/mol. The summed E-state index contributed by atoms with van der Waals surface area (Å²) in [6.07, 6.45) is 1.69. The van der Waals surface area contributed by atoms with E-state index < -0.39 is 0 Å². The summed E-state index contributed by atoms with van der Waals surface area (Å²) < 4.78 is 28.3. The molecule has 7 nitrogen and oxygen atoms in total. The van der Waals surface area contributed by atoms with E-state index in [1.54, 1.807) is 45.6 Å². The molecule has 3 aromatic rings. The Morgan fingerprint density at radius 2 is 1.71 bits per heavy atom. The van der Waals surface area contributed by atoms with Crippen LogP contribution in [0.2, 0.25) is 0 Å². The molecule has 0 unspecified atom stereocenters. The van der Waals surface area contributed by atoms with Gasteiger partial charge in [0.1, 0.15) is 18.2 Å². The molecule has 0 spiro atoms. The van der Waals surface area contributed by atoms with Crippen molar-refractivity contribution in [2.45, 2.75) is 13.1 Å². The van der Waals surface area contributed by atoms with Crippen LogP contribution in [0.3, 0.4) is 0 Å². The normalized spacial score (nSPS) is 15.9. The highest BCUT2D eigenvalue weighted by Crippen LogP contribution is 2.43. The second kappa shape index (κ2) is 9.11. The third-order valence-corrected chi connectivity index (χ3v) is 5.92. The van der Waals surface area contributed by atoms with Crippen LogP contribution >= 0.6 is 0 Å². The smallest absolute Gasteiger partial charge is 0.231 e. The molecule has 3 aromatic carbocycles. The minimum Gasteiger partial charge on any atom is -0.493 e. The number of carbonyl (C=O) groups excluding carboxylic acids is 1. The Bertz CT molecular complexity index is 1240. The molecule has 0 saturated heterocycles. The summed E-state index contributed by atoms with van der Waals surface area (Å²) in [5, 5.41) is 0.